The lowest BCUT2D eigenvalue weighted by molar-refractivity contribution is 0.149. The molecule has 1 aliphatic rings. The minimum absolute atomic E-state index is 0.331. The van der Waals surface area contributed by atoms with Crippen molar-refractivity contribution in [3.63, 3.8) is 0 Å². The van der Waals surface area contributed by atoms with E-state index in [2.05, 4.69) is 33.8 Å². The number of benzene rings is 1. The number of rotatable bonds is 4. The molecule has 1 atom stereocenters. The summed E-state index contributed by atoms with van der Waals surface area (Å²) in [7, 11) is 0. The Morgan fingerprint density at radius 3 is 2.71 bits per heavy atom. The van der Waals surface area contributed by atoms with Crippen molar-refractivity contribution >= 4 is 15.9 Å². The zero-order valence-electron chi connectivity index (χ0n) is 10.3. The summed E-state index contributed by atoms with van der Waals surface area (Å²) in [4.78, 5) is 2.44. The molecule has 0 amide bonds. The average Bonchev–Trinajstić information content (AvgIpc) is 2.82. The van der Waals surface area contributed by atoms with E-state index in [0.717, 1.165) is 23.0 Å². The molecule has 1 heterocycles. The van der Waals surface area contributed by atoms with Gasteiger partial charge in [0.2, 0.25) is 0 Å². The van der Waals surface area contributed by atoms with Crippen LogP contribution in [0.1, 0.15) is 36.5 Å². The molecule has 1 aromatic carbocycles. The smallest absolute Gasteiger partial charge is 0.0802 e. The lowest BCUT2D eigenvalue weighted by Crippen LogP contribution is -2.22. The summed E-state index contributed by atoms with van der Waals surface area (Å²) in [6, 6.07) is 6.09. The van der Waals surface area contributed by atoms with Gasteiger partial charge in [0.1, 0.15) is 0 Å². The molecule has 1 unspecified atom stereocenters. The van der Waals surface area contributed by atoms with Gasteiger partial charge in [0.25, 0.3) is 0 Å². The largest absolute Gasteiger partial charge is 0.388 e. The van der Waals surface area contributed by atoms with Gasteiger partial charge in [-0.1, -0.05) is 28.1 Å². The fraction of sp³-hybridized carbons (Fsp3) is 0.571. The van der Waals surface area contributed by atoms with E-state index in [1.807, 2.05) is 12.1 Å². The summed E-state index contributed by atoms with van der Waals surface area (Å²) in [6.07, 6.45) is 3.13. The Bertz CT molecular complexity index is 374. The Morgan fingerprint density at radius 1 is 1.35 bits per heavy atom. The molecule has 2 nitrogen and oxygen atoms in total. The van der Waals surface area contributed by atoms with Crippen molar-refractivity contribution < 1.29 is 5.11 Å². The van der Waals surface area contributed by atoms with Gasteiger partial charge in [-0.3, -0.25) is 0 Å². The second kappa shape index (κ2) is 5.98. The van der Waals surface area contributed by atoms with Gasteiger partial charge in [-0.2, -0.15) is 0 Å². The summed E-state index contributed by atoms with van der Waals surface area (Å²) in [5, 5.41) is 10.2. The van der Waals surface area contributed by atoms with Crippen LogP contribution in [-0.4, -0.2) is 29.6 Å². The number of hydrogen-bond acceptors (Lipinski definition) is 2. The monoisotopic (exact) mass is 297 g/mol. The SMILES string of the molecule is Cc1cc(C(O)CCN2CCCC2)ccc1Br. The van der Waals surface area contributed by atoms with Gasteiger partial charge in [-0.05, 0) is 56.5 Å². The lowest BCUT2D eigenvalue weighted by Gasteiger charge is -2.18. The molecule has 3 heteroatoms. The highest BCUT2D eigenvalue weighted by Crippen LogP contribution is 2.23. The Hall–Kier alpha value is -0.380. The minimum atomic E-state index is -0.331. The summed E-state index contributed by atoms with van der Waals surface area (Å²) >= 11 is 3.48. The first kappa shape index (κ1) is 13.1. The van der Waals surface area contributed by atoms with Crippen LogP contribution < -0.4 is 0 Å². The molecule has 1 aliphatic heterocycles. The van der Waals surface area contributed by atoms with Crippen LogP contribution >= 0.6 is 15.9 Å². The highest BCUT2D eigenvalue weighted by molar-refractivity contribution is 9.10. The predicted octanol–water partition coefficient (Wildman–Crippen LogP) is 3.28. The lowest BCUT2D eigenvalue weighted by atomic mass is 10.0. The summed E-state index contributed by atoms with van der Waals surface area (Å²) in [5.41, 5.74) is 2.22. The molecule has 0 aliphatic carbocycles. The first-order valence-corrected chi connectivity index (χ1v) is 7.12. The summed E-state index contributed by atoms with van der Waals surface area (Å²) < 4.78 is 1.10. The number of nitrogens with zero attached hydrogens (tertiary/aromatic N) is 1. The second-order valence-corrected chi connectivity index (χ2v) is 5.72. The third-order valence-electron chi connectivity index (χ3n) is 3.48. The van der Waals surface area contributed by atoms with E-state index in [1.54, 1.807) is 0 Å². The van der Waals surface area contributed by atoms with E-state index in [1.165, 1.54) is 31.5 Å². The van der Waals surface area contributed by atoms with Crippen molar-refractivity contribution in [3.05, 3.63) is 33.8 Å². The number of likely N-dealkylation sites (tertiary alicyclic amines) is 1. The van der Waals surface area contributed by atoms with Gasteiger partial charge in [0.05, 0.1) is 6.10 Å². The van der Waals surface area contributed by atoms with Gasteiger partial charge < -0.3 is 10.0 Å². The maximum Gasteiger partial charge on any atom is 0.0802 e. The van der Waals surface area contributed by atoms with Gasteiger partial charge >= 0.3 is 0 Å². The van der Waals surface area contributed by atoms with Crippen molar-refractivity contribution in [2.45, 2.75) is 32.3 Å². The molecule has 94 valence electrons. The van der Waals surface area contributed by atoms with Crippen LogP contribution in [0.25, 0.3) is 0 Å². The second-order valence-electron chi connectivity index (χ2n) is 4.86. The topological polar surface area (TPSA) is 23.5 Å². The van der Waals surface area contributed by atoms with Crippen LogP contribution in [0, 0.1) is 6.92 Å². The summed E-state index contributed by atoms with van der Waals surface area (Å²) in [6.45, 7) is 5.47. The highest BCUT2D eigenvalue weighted by Gasteiger charge is 2.14. The molecule has 0 saturated carbocycles. The Kier molecular flexibility index (Phi) is 4.60. The number of aryl methyl sites for hydroxylation is 1. The fourth-order valence-electron chi connectivity index (χ4n) is 2.35. The van der Waals surface area contributed by atoms with Crippen LogP contribution in [0.3, 0.4) is 0 Å². The zero-order valence-corrected chi connectivity index (χ0v) is 11.9. The van der Waals surface area contributed by atoms with Gasteiger partial charge in [0, 0.05) is 11.0 Å². The van der Waals surface area contributed by atoms with E-state index in [0.29, 0.717) is 0 Å². The van der Waals surface area contributed by atoms with Crippen molar-refractivity contribution in [1.29, 1.82) is 0 Å². The molecular weight excluding hydrogens is 278 g/mol. The third kappa shape index (κ3) is 3.54. The van der Waals surface area contributed by atoms with E-state index in [-0.39, 0.29) is 6.10 Å². The first-order chi connectivity index (χ1) is 8.16. The Morgan fingerprint density at radius 2 is 2.06 bits per heavy atom. The van der Waals surface area contributed by atoms with Crippen LogP contribution in [0.5, 0.6) is 0 Å². The van der Waals surface area contributed by atoms with Crippen molar-refractivity contribution in [3.8, 4) is 0 Å². The summed E-state index contributed by atoms with van der Waals surface area (Å²) in [5.74, 6) is 0. The van der Waals surface area contributed by atoms with Crippen LogP contribution in [0.4, 0.5) is 0 Å². The van der Waals surface area contributed by atoms with Crippen molar-refractivity contribution in [1.82, 2.24) is 4.90 Å². The Balaban J connectivity index is 1.89. The molecular formula is C14H20BrNO. The first-order valence-electron chi connectivity index (χ1n) is 6.33. The standard InChI is InChI=1S/C14H20BrNO/c1-11-10-12(4-5-13(11)15)14(17)6-9-16-7-2-3-8-16/h4-5,10,14,17H,2-3,6-9H2,1H3. The van der Waals surface area contributed by atoms with E-state index in [4.69, 9.17) is 0 Å². The predicted molar refractivity (Wildman–Crippen MR) is 74.1 cm³/mol. The van der Waals surface area contributed by atoms with Gasteiger partial charge in [-0.15, -0.1) is 0 Å². The average molecular weight is 298 g/mol. The van der Waals surface area contributed by atoms with Crippen molar-refractivity contribution in [2.75, 3.05) is 19.6 Å². The number of aliphatic hydroxyl groups is 1. The van der Waals surface area contributed by atoms with Crippen LogP contribution in [-0.2, 0) is 0 Å². The molecule has 1 fully saturated rings. The van der Waals surface area contributed by atoms with Crippen molar-refractivity contribution in [2.24, 2.45) is 0 Å². The molecule has 1 aromatic rings. The zero-order chi connectivity index (χ0) is 12.3. The van der Waals surface area contributed by atoms with E-state index in [9.17, 15) is 5.11 Å². The van der Waals surface area contributed by atoms with E-state index < -0.39 is 0 Å². The maximum atomic E-state index is 10.2. The van der Waals surface area contributed by atoms with Gasteiger partial charge in [0.15, 0.2) is 0 Å². The van der Waals surface area contributed by atoms with Crippen LogP contribution in [0.2, 0.25) is 0 Å². The molecule has 0 radical (unpaired) electrons. The Labute approximate surface area is 112 Å². The van der Waals surface area contributed by atoms with E-state index >= 15 is 0 Å². The number of hydrogen-bond donors (Lipinski definition) is 1. The fourth-order valence-corrected chi connectivity index (χ4v) is 2.60. The van der Waals surface area contributed by atoms with Crippen LogP contribution in [0.15, 0.2) is 22.7 Å². The molecule has 2 rings (SSSR count). The number of aliphatic hydroxyl groups excluding tert-OH is 1. The quantitative estimate of drug-likeness (QED) is 0.922. The van der Waals surface area contributed by atoms with Gasteiger partial charge in [-0.25, -0.2) is 0 Å². The molecule has 0 bridgehead atoms. The maximum absolute atomic E-state index is 10.2. The minimum Gasteiger partial charge on any atom is -0.388 e. The molecule has 0 spiro atoms. The molecule has 1 N–H and O–H groups in total. The highest BCUT2D eigenvalue weighted by atomic mass is 79.9. The third-order valence-corrected chi connectivity index (χ3v) is 4.37. The molecule has 1 saturated heterocycles. The molecule has 17 heavy (non-hydrogen) atoms. The molecule has 0 aromatic heterocycles. The normalized spacial score (nSPS) is 18.5. The number of halogens is 1.